The maximum Gasteiger partial charge on any atom is 0.226 e. The number of rotatable bonds is 2. The normalized spacial score (nSPS) is 21.3. The molecule has 1 fully saturated rings. The highest BCUT2D eigenvalue weighted by atomic mass is 35.5. The molecule has 5 heteroatoms. The Balaban J connectivity index is 1.76. The second-order valence-corrected chi connectivity index (χ2v) is 7.05. The van der Waals surface area contributed by atoms with Gasteiger partial charge >= 0.3 is 0 Å². The number of amides is 1. The Labute approximate surface area is 140 Å². The third kappa shape index (κ3) is 2.55. The van der Waals surface area contributed by atoms with E-state index in [2.05, 4.69) is 16.5 Å². The molecule has 0 bridgehead atoms. The quantitative estimate of drug-likeness (QED) is 0.885. The summed E-state index contributed by atoms with van der Waals surface area (Å²) in [5, 5.41) is 8.39. The lowest BCUT2D eigenvalue weighted by Crippen LogP contribution is -2.25. The lowest BCUT2D eigenvalue weighted by Gasteiger charge is -2.25. The molecule has 1 aliphatic heterocycles. The number of aryl methyl sites for hydroxylation is 1. The van der Waals surface area contributed by atoms with Crippen LogP contribution >= 0.6 is 11.6 Å². The third-order valence-electron chi connectivity index (χ3n) is 5.12. The molecular formula is C18H20ClN3O. The van der Waals surface area contributed by atoms with Crippen molar-refractivity contribution >= 4 is 23.3 Å². The van der Waals surface area contributed by atoms with Crippen LogP contribution in [0.3, 0.4) is 0 Å². The van der Waals surface area contributed by atoms with Gasteiger partial charge in [-0.1, -0.05) is 36.6 Å². The van der Waals surface area contributed by atoms with Crippen LogP contribution in [0.15, 0.2) is 24.4 Å². The molecule has 0 saturated heterocycles. The predicted molar refractivity (Wildman–Crippen MR) is 91.0 cm³/mol. The van der Waals surface area contributed by atoms with Gasteiger partial charge in [-0.25, -0.2) is 4.68 Å². The predicted octanol–water partition coefficient (Wildman–Crippen LogP) is 4.43. The molecular weight excluding hydrogens is 310 g/mol. The minimum atomic E-state index is 0.0343. The zero-order valence-electron chi connectivity index (χ0n) is 13.2. The number of carbonyl (C=O) groups is 1. The van der Waals surface area contributed by atoms with Crippen LogP contribution in [0.1, 0.15) is 60.8 Å². The molecule has 2 aliphatic rings. The van der Waals surface area contributed by atoms with Gasteiger partial charge in [0.25, 0.3) is 0 Å². The van der Waals surface area contributed by atoms with Crippen molar-refractivity contribution in [1.29, 1.82) is 0 Å². The van der Waals surface area contributed by atoms with Crippen molar-refractivity contribution in [2.45, 2.75) is 51.0 Å². The van der Waals surface area contributed by atoms with Crippen LogP contribution in [0.4, 0.5) is 5.82 Å². The van der Waals surface area contributed by atoms with Crippen molar-refractivity contribution in [2.75, 3.05) is 5.32 Å². The fourth-order valence-electron chi connectivity index (χ4n) is 3.79. The van der Waals surface area contributed by atoms with Gasteiger partial charge in [0.05, 0.1) is 12.2 Å². The second-order valence-electron chi connectivity index (χ2n) is 6.64. The number of aromatic nitrogens is 2. The van der Waals surface area contributed by atoms with Crippen LogP contribution in [0.25, 0.3) is 0 Å². The first-order chi connectivity index (χ1) is 11.1. The fourth-order valence-corrected chi connectivity index (χ4v) is 3.98. The highest BCUT2D eigenvalue weighted by Crippen LogP contribution is 2.41. The van der Waals surface area contributed by atoms with Gasteiger partial charge < -0.3 is 5.32 Å². The van der Waals surface area contributed by atoms with Crippen molar-refractivity contribution in [1.82, 2.24) is 9.78 Å². The molecule has 120 valence electrons. The Morgan fingerprint density at radius 3 is 2.83 bits per heavy atom. The Hall–Kier alpha value is -1.81. The molecule has 4 rings (SSSR count). The summed E-state index contributed by atoms with van der Waals surface area (Å²) < 4.78 is 2.03. The van der Waals surface area contributed by atoms with E-state index in [0.29, 0.717) is 12.5 Å². The largest absolute Gasteiger partial charge is 0.311 e. The number of nitrogens with zero attached hydrogens (tertiary/aromatic N) is 2. The van der Waals surface area contributed by atoms with E-state index in [0.717, 1.165) is 40.4 Å². The van der Waals surface area contributed by atoms with Crippen molar-refractivity contribution in [3.63, 3.8) is 0 Å². The summed E-state index contributed by atoms with van der Waals surface area (Å²) in [6, 6.07) is 6.49. The fraction of sp³-hybridized carbons (Fsp3) is 0.444. The highest BCUT2D eigenvalue weighted by molar-refractivity contribution is 6.31. The molecule has 1 saturated carbocycles. The van der Waals surface area contributed by atoms with E-state index in [1.165, 1.54) is 12.8 Å². The Kier molecular flexibility index (Phi) is 3.64. The number of fused-ring (bicyclic) bond motifs is 1. The zero-order valence-corrected chi connectivity index (χ0v) is 13.9. The minimum absolute atomic E-state index is 0.0343. The summed E-state index contributed by atoms with van der Waals surface area (Å²) in [6.07, 6.45) is 7.14. The van der Waals surface area contributed by atoms with E-state index in [1.54, 1.807) is 0 Å². The standard InChI is InChI=1S/C18H20ClN3O/c1-11-6-7-12(8-16(11)19)14-9-17(23)21-18-15(14)10-20-22(18)13-4-2-3-5-13/h6-8,10,13-14H,2-5,9H2,1H3,(H,21,23). The maximum absolute atomic E-state index is 12.2. The molecule has 1 amide bonds. The summed E-state index contributed by atoms with van der Waals surface area (Å²) in [4.78, 5) is 12.2. The Morgan fingerprint density at radius 1 is 1.30 bits per heavy atom. The van der Waals surface area contributed by atoms with Crippen LogP contribution in [0, 0.1) is 6.92 Å². The van der Waals surface area contributed by atoms with E-state index in [9.17, 15) is 4.79 Å². The van der Waals surface area contributed by atoms with Gasteiger partial charge in [-0.3, -0.25) is 4.79 Å². The summed E-state index contributed by atoms with van der Waals surface area (Å²) in [7, 11) is 0. The van der Waals surface area contributed by atoms with Crippen molar-refractivity contribution in [2.24, 2.45) is 0 Å². The topological polar surface area (TPSA) is 46.9 Å². The molecule has 1 unspecified atom stereocenters. The third-order valence-corrected chi connectivity index (χ3v) is 5.52. The van der Waals surface area contributed by atoms with Gasteiger partial charge in [-0.15, -0.1) is 0 Å². The second kappa shape index (κ2) is 5.68. The smallest absolute Gasteiger partial charge is 0.226 e. The molecule has 0 radical (unpaired) electrons. The van der Waals surface area contributed by atoms with Gasteiger partial charge in [0.1, 0.15) is 5.82 Å². The van der Waals surface area contributed by atoms with E-state index < -0.39 is 0 Å². The Morgan fingerprint density at radius 2 is 2.09 bits per heavy atom. The van der Waals surface area contributed by atoms with Gasteiger partial charge in [-0.2, -0.15) is 5.10 Å². The lowest BCUT2D eigenvalue weighted by molar-refractivity contribution is -0.116. The van der Waals surface area contributed by atoms with Gasteiger partial charge in [0.2, 0.25) is 5.91 Å². The zero-order chi connectivity index (χ0) is 16.0. The maximum atomic E-state index is 12.2. The molecule has 4 nitrogen and oxygen atoms in total. The molecule has 0 spiro atoms. The average Bonchev–Trinajstić information content (AvgIpc) is 3.17. The number of anilines is 1. The van der Waals surface area contributed by atoms with Crippen LogP contribution < -0.4 is 5.32 Å². The van der Waals surface area contributed by atoms with Gasteiger partial charge in [0.15, 0.2) is 0 Å². The highest BCUT2D eigenvalue weighted by Gasteiger charge is 2.32. The van der Waals surface area contributed by atoms with Crippen molar-refractivity contribution < 1.29 is 4.79 Å². The van der Waals surface area contributed by atoms with Crippen LogP contribution in [-0.2, 0) is 4.79 Å². The molecule has 1 N–H and O–H groups in total. The van der Waals surface area contributed by atoms with E-state index in [-0.39, 0.29) is 11.8 Å². The first-order valence-corrected chi connectivity index (χ1v) is 8.64. The number of nitrogens with one attached hydrogen (secondary N) is 1. The molecule has 23 heavy (non-hydrogen) atoms. The average molecular weight is 330 g/mol. The molecule has 1 aliphatic carbocycles. The molecule has 2 aromatic rings. The van der Waals surface area contributed by atoms with Crippen LogP contribution in [0.5, 0.6) is 0 Å². The van der Waals surface area contributed by atoms with Crippen molar-refractivity contribution in [3.8, 4) is 0 Å². The van der Waals surface area contributed by atoms with Crippen LogP contribution in [0.2, 0.25) is 5.02 Å². The van der Waals surface area contributed by atoms with Crippen LogP contribution in [-0.4, -0.2) is 15.7 Å². The number of benzene rings is 1. The monoisotopic (exact) mass is 329 g/mol. The number of hydrogen-bond donors (Lipinski definition) is 1. The van der Waals surface area contributed by atoms with Gasteiger partial charge in [0, 0.05) is 22.9 Å². The number of halogens is 1. The summed E-state index contributed by atoms with van der Waals surface area (Å²) in [5.74, 6) is 0.973. The molecule has 1 atom stereocenters. The minimum Gasteiger partial charge on any atom is -0.311 e. The summed E-state index contributed by atoms with van der Waals surface area (Å²) >= 11 is 6.28. The SMILES string of the molecule is Cc1ccc(C2CC(=O)Nc3c2cnn3C2CCCC2)cc1Cl. The molecule has 1 aromatic heterocycles. The van der Waals surface area contributed by atoms with Crippen molar-refractivity contribution in [3.05, 3.63) is 46.1 Å². The van der Waals surface area contributed by atoms with E-state index >= 15 is 0 Å². The molecule has 2 heterocycles. The summed E-state index contributed by atoms with van der Waals surface area (Å²) in [5.41, 5.74) is 3.25. The number of carbonyl (C=O) groups excluding carboxylic acids is 1. The first-order valence-electron chi connectivity index (χ1n) is 8.27. The Bertz CT molecular complexity index is 762. The van der Waals surface area contributed by atoms with E-state index in [4.69, 9.17) is 11.6 Å². The molecule has 1 aromatic carbocycles. The lowest BCUT2D eigenvalue weighted by atomic mass is 9.87. The van der Waals surface area contributed by atoms with Gasteiger partial charge in [-0.05, 0) is 37.0 Å². The number of hydrogen-bond acceptors (Lipinski definition) is 2. The van der Waals surface area contributed by atoms with E-state index in [1.807, 2.05) is 29.9 Å². The summed E-state index contributed by atoms with van der Waals surface area (Å²) in [6.45, 7) is 1.99. The first kappa shape index (κ1) is 14.8.